The van der Waals surface area contributed by atoms with E-state index in [1.807, 2.05) is 19.2 Å². The van der Waals surface area contributed by atoms with Crippen LogP contribution in [0.5, 0.6) is 0 Å². The lowest BCUT2D eigenvalue weighted by Gasteiger charge is -2.10. The van der Waals surface area contributed by atoms with E-state index in [-0.39, 0.29) is 4.90 Å². The minimum absolute atomic E-state index is 0.261. The second-order valence-electron chi connectivity index (χ2n) is 5.12. The number of hydrogen-bond donors (Lipinski definition) is 1. The van der Waals surface area contributed by atoms with Gasteiger partial charge in [-0.3, -0.25) is 4.98 Å². The van der Waals surface area contributed by atoms with Crippen molar-refractivity contribution in [2.75, 3.05) is 7.05 Å². The maximum Gasteiger partial charge on any atom is 0.268 e. The highest BCUT2D eigenvalue weighted by Crippen LogP contribution is 2.26. The Bertz CT molecular complexity index is 888. The average molecular weight is 327 g/mol. The number of nitrogens with zero attached hydrogens (tertiary/aromatic N) is 2. The van der Waals surface area contributed by atoms with E-state index in [0.29, 0.717) is 12.2 Å². The van der Waals surface area contributed by atoms with Crippen LogP contribution in [0.3, 0.4) is 0 Å². The fourth-order valence-corrected chi connectivity index (χ4v) is 3.85. The van der Waals surface area contributed by atoms with E-state index >= 15 is 0 Å². The first kappa shape index (κ1) is 15.5. The zero-order chi connectivity index (χ0) is 16.3. The van der Waals surface area contributed by atoms with Gasteiger partial charge in [-0.1, -0.05) is 18.2 Å². The van der Waals surface area contributed by atoms with Crippen molar-refractivity contribution in [1.29, 1.82) is 0 Å². The lowest BCUT2D eigenvalue weighted by atomic mass is 10.2. The molecule has 0 bridgehead atoms. The van der Waals surface area contributed by atoms with Gasteiger partial charge in [0.05, 0.1) is 10.6 Å². The van der Waals surface area contributed by atoms with Crippen molar-refractivity contribution in [3.05, 3.63) is 72.7 Å². The van der Waals surface area contributed by atoms with Crippen LogP contribution >= 0.6 is 0 Å². The molecule has 23 heavy (non-hydrogen) atoms. The zero-order valence-corrected chi connectivity index (χ0v) is 13.5. The fraction of sp³-hybridized carbons (Fsp3) is 0.118. The van der Waals surface area contributed by atoms with Crippen LogP contribution in [0.25, 0.3) is 11.3 Å². The van der Waals surface area contributed by atoms with Crippen LogP contribution in [-0.2, 0) is 16.6 Å². The molecule has 3 rings (SSSR count). The van der Waals surface area contributed by atoms with Gasteiger partial charge in [-0.2, -0.15) is 0 Å². The molecule has 0 aliphatic heterocycles. The summed E-state index contributed by atoms with van der Waals surface area (Å²) in [7, 11) is -1.83. The summed E-state index contributed by atoms with van der Waals surface area (Å²) < 4.78 is 27.3. The Morgan fingerprint density at radius 2 is 1.91 bits per heavy atom. The third-order valence-electron chi connectivity index (χ3n) is 3.48. The van der Waals surface area contributed by atoms with Gasteiger partial charge in [-0.05, 0) is 42.9 Å². The van der Waals surface area contributed by atoms with Crippen LogP contribution in [0.2, 0.25) is 0 Å². The highest BCUT2D eigenvalue weighted by molar-refractivity contribution is 7.90. The van der Waals surface area contributed by atoms with E-state index in [9.17, 15) is 8.42 Å². The van der Waals surface area contributed by atoms with Gasteiger partial charge >= 0.3 is 0 Å². The standard InChI is InChI=1S/C17H17N3O2S/c1-18-11-14-10-17(15-6-5-9-19-12-15)20(13-14)23(21,22)16-7-3-2-4-8-16/h2-10,12-13,18H,11H2,1H3. The molecule has 6 heteroatoms. The Morgan fingerprint density at radius 3 is 2.57 bits per heavy atom. The van der Waals surface area contributed by atoms with Crippen molar-refractivity contribution in [3.63, 3.8) is 0 Å². The molecule has 0 saturated carbocycles. The summed E-state index contributed by atoms with van der Waals surface area (Å²) in [4.78, 5) is 4.35. The molecule has 0 spiro atoms. The molecule has 0 atom stereocenters. The summed E-state index contributed by atoms with van der Waals surface area (Å²) in [6.07, 6.45) is 4.98. The van der Waals surface area contributed by atoms with Gasteiger partial charge < -0.3 is 5.32 Å². The Hall–Kier alpha value is -2.44. The first-order valence-electron chi connectivity index (χ1n) is 7.20. The molecular formula is C17H17N3O2S. The van der Waals surface area contributed by atoms with Crippen molar-refractivity contribution < 1.29 is 8.42 Å². The molecule has 0 saturated heterocycles. The average Bonchev–Trinajstić information content (AvgIpc) is 3.02. The van der Waals surface area contributed by atoms with Gasteiger partial charge in [0.25, 0.3) is 10.0 Å². The van der Waals surface area contributed by atoms with E-state index in [4.69, 9.17) is 0 Å². The van der Waals surface area contributed by atoms with Crippen LogP contribution in [0.1, 0.15) is 5.56 Å². The van der Waals surface area contributed by atoms with E-state index in [0.717, 1.165) is 11.1 Å². The molecule has 0 unspecified atom stereocenters. The highest BCUT2D eigenvalue weighted by Gasteiger charge is 2.21. The van der Waals surface area contributed by atoms with Crippen molar-refractivity contribution in [3.8, 4) is 11.3 Å². The Labute approximate surface area is 135 Å². The molecular weight excluding hydrogens is 310 g/mol. The van der Waals surface area contributed by atoms with Crippen LogP contribution in [0, 0.1) is 0 Å². The third-order valence-corrected chi connectivity index (χ3v) is 5.17. The number of rotatable bonds is 5. The van der Waals surface area contributed by atoms with Crippen molar-refractivity contribution in [1.82, 2.24) is 14.3 Å². The van der Waals surface area contributed by atoms with Crippen molar-refractivity contribution in [2.24, 2.45) is 0 Å². The van der Waals surface area contributed by atoms with Crippen LogP contribution in [-0.4, -0.2) is 24.4 Å². The zero-order valence-electron chi connectivity index (χ0n) is 12.7. The van der Waals surface area contributed by atoms with Crippen LogP contribution in [0.4, 0.5) is 0 Å². The highest BCUT2D eigenvalue weighted by atomic mass is 32.2. The molecule has 0 amide bonds. The Balaban J connectivity index is 2.19. The number of hydrogen-bond acceptors (Lipinski definition) is 4. The summed E-state index contributed by atoms with van der Waals surface area (Å²) in [6.45, 7) is 0.588. The predicted octanol–water partition coefficient (Wildman–Crippen LogP) is 2.51. The summed E-state index contributed by atoms with van der Waals surface area (Å²) >= 11 is 0. The summed E-state index contributed by atoms with van der Waals surface area (Å²) in [5.74, 6) is 0. The Kier molecular flexibility index (Phi) is 4.27. The smallest absolute Gasteiger partial charge is 0.268 e. The monoisotopic (exact) mass is 327 g/mol. The lowest BCUT2D eigenvalue weighted by molar-refractivity contribution is 0.588. The first-order chi connectivity index (χ1) is 11.1. The molecule has 1 N–H and O–H groups in total. The summed E-state index contributed by atoms with van der Waals surface area (Å²) in [6, 6.07) is 13.9. The van der Waals surface area contributed by atoms with Crippen LogP contribution < -0.4 is 5.32 Å². The quantitative estimate of drug-likeness (QED) is 0.782. The van der Waals surface area contributed by atoms with Gasteiger partial charge in [0.1, 0.15) is 0 Å². The minimum Gasteiger partial charge on any atom is -0.316 e. The molecule has 0 radical (unpaired) electrons. The molecule has 0 fully saturated rings. The van der Waals surface area contributed by atoms with Crippen LogP contribution in [0.15, 0.2) is 72.0 Å². The SMILES string of the molecule is CNCc1cc(-c2cccnc2)n(S(=O)(=O)c2ccccc2)c1. The normalized spacial score (nSPS) is 11.5. The molecule has 1 aromatic carbocycles. The molecule has 118 valence electrons. The maximum atomic E-state index is 13.0. The molecule has 0 aliphatic rings. The van der Waals surface area contributed by atoms with Gasteiger partial charge in [-0.25, -0.2) is 12.4 Å². The minimum atomic E-state index is -3.65. The number of aromatic nitrogens is 2. The molecule has 2 aromatic heterocycles. The van der Waals surface area contributed by atoms with E-state index in [1.54, 1.807) is 55.0 Å². The number of benzene rings is 1. The van der Waals surface area contributed by atoms with Gasteiger partial charge in [0.15, 0.2) is 0 Å². The van der Waals surface area contributed by atoms with Crippen molar-refractivity contribution in [2.45, 2.75) is 11.4 Å². The summed E-state index contributed by atoms with van der Waals surface area (Å²) in [5.41, 5.74) is 2.26. The molecule has 5 nitrogen and oxygen atoms in total. The number of nitrogens with one attached hydrogen (secondary N) is 1. The summed E-state index contributed by atoms with van der Waals surface area (Å²) in [5, 5.41) is 3.04. The van der Waals surface area contributed by atoms with Gasteiger partial charge in [-0.15, -0.1) is 0 Å². The maximum absolute atomic E-state index is 13.0. The number of pyridine rings is 1. The third kappa shape index (κ3) is 3.04. The molecule has 2 heterocycles. The van der Waals surface area contributed by atoms with E-state index < -0.39 is 10.0 Å². The first-order valence-corrected chi connectivity index (χ1v) is 8.64. The molecule has 0 aliphatic carbocycles. The van der Waals surface area contributed by atoms with Crippen molar-refractivity contribution >= 4 is 10.0 Å². The van der Waals surface area contributed by atoms with Gasteiger partial charge in [0, 0.05) is 30.7 Å². The Morgan fingerprint density at radius 1 is 1.13 bits per heavy atom. The second-order valence-corrected chi connectivity index (χ2v) is 6.93. The van der Waals surface area contributed by atoms with Gasteiger partial charge in [0.2, 0.25) is 0 Å². The van der Waals surface area contributed by atoms with E-state index in [1.165, 1.54) is 3.97 Å². The lowest BCUT2D eigenvalue weighted by Crippen LogP contribution is -2.13. The van der Waals surface area contributed by atoms with E-state index in [2.05, 4.69) is 10.3 Å². The largest absolute Gasteiger partial charge is 0.316 e. The predicted molar refractivity (Wildman–Crippen MR) is 89.5 cm³/mol. The fourth-order valence-electron chi connectivity index (χ4n) is 2.43. The second kappa shape index (κ2) is 6.36. The topological polar surface area (TPSA) is 64.0 Å². The molecule has 3 aromatic rings.